The van der Waals surface area contributed by atoms with Gasteiger partial charge in [-0.15, -0.1) is 0 Å². The van der Waals surface area contributed by atoms with Crippen LogP contribution in [0.4, 0.5) is 0 Å². The predicted octanol–water partition coefficient (Wildman–Crippen LogP) is 2.14. The molecule has 2 aromatic heterocycles. The Balaban J connectivity index is 1.45. The van der Waals surface area contributed by atoms with E-state index in [1.54, 1.807) is 4.80 Å². The van der Waals surface area contributed by atoms with Gasteiger partial charge in [-0.25, -0.2) is 9.67 Å². The maximum Gasteiger partial charge on any atom is 0.147 e. The van der Waals surface area contributed by atoms with Gasteiger partial charge in [0.2, 0.25) is 0 Å². The van der Waals surface area contributed by atoms with Gasteiger partial charge in [-0.2, -0.15) is 20.1 Å². The Hall–Kier alpha value is -2.54. The first-order valence-electron chi connectivity index (χ1n) is 8.78. The van der Waals surface area contributed by atoms with Crippen LogP contribution in [0.5, 0.6) is 0 Å². The molecule has 0 amide bonds. The van der Waals surface area contributed by atoms with Crippen molar-refractivity contribution in [3.63, 3.8) is 0 Å². The maximum atomic E-state index is 4.64. The minimum atomic E-state index is 0.474. The Morgan fingerprint density at radius 2 is 1.96 bits per heavy atom. The van der Waals surface area contributed by atoms with Crippen LogP contribution in [0.3, 0.4) is 0 Å². The number of hydrogen-bond donors (Lipinski definition) is 0. The molecule has 1 fully saturated rings. The first-order valence-corrected chi connectivity index (χ1v) is 8.78. The molecule has 0 bridgehead atoms. The molecular weight excluding hydrogens is 314 g/mol. The van der Waals surface area contributed by atoms with Crippen LogP contribution in [0.2, 0.25) is 0 Å². The van der Waals surface area contributed by atoms with E-state index in [0.29, 0.717) is 6.04 Å². The summed E-state index contributed by atoms with van der Waals surface area (Å²) in [5.41, 5.74) is 1.99. The minimum Gasteiger partial charge on any atom is -0.293 e. The van der Waals surface area contributed by atoms with Gasteiger partial charge in [-0.1, -0.05) is 18.2 Å². The largest absolute Gasteiger partial charge is 0.293 e. The number of aryl methyl sites for hydroxylation is 2. The lowest BCUT2D eigenvalue weighted by atomic mass is 10.2. The number of aromatic nitrogens is 6. The van der Waals surface area contributed by atoms with Gasteiger partial charge in [0.15, 0.2) is 0 Å². The molecule has 7 heteroatoms. The molecule has 25 heavy (non-hydrogen) atoms. The molecule has 0 N–H and O–H groups in total. The lowest BCUT2D eigenvalue weighted by molar-refractivity contribution is 0.215. The van der Waals surface area contributed by atoms with Crippen LogP contribution in [0, 0.1) is 13.8 Å². The zero-order valence-electron chi connectivity index (χ0n) is 14.7. The first kappa shape index (κ1) is 16.0. The van der Waals surface area contributed by atoms with E-state index in [-0.39, 0.29) is 0 Å². The molecule has 0 radical (unpaired) electrons. The summed E-state index contributed by atoms with van der Waals surface area (Å²) in [5.74, 6) is 1.83. The van der Waals surface area contributed by atoms with Gasteiger partial charge >= 0.3 is 0 Å². The van der Waals surface area contributed by atoms with E-state index in [9.17, 15) is 0 Å². The van der Waals surface area contributed by atoms with Crippen molar-refractivity contribution >= 4 is 0 Å². The number of benzene rings is 1. The van der Waals surface area contributed by atoms with Gasteiger partial charge in [-0.05, 0) is 45.4 Å². The van der Waals surface area contributed by atoms with Crippen LogP contribution in [0.1, 0.15) is 30.2 Å². The molecule has 0 aliphatic carbocycles. The molecule has 3 heterocycles. The summed E-state index contributed by atoms with van der Waals surface area (Å²) in [4.78, 5) is 8.59. The third-order valence-corrected chi connectivity index (χ3v) is 4.74. The van der Waals surface area contributed by atoms with E-state index in [4.69, 9.17) is 0 Å². The average Bonchev–Trinajstić information content (AvgIpc) is 3.32. The maximum absolute atomic E-state index is 4.64. The number of para-hydroxylation sites is 1. The second kappa shape index (κ2) is 6.76. The van der Waals surface area contributed by atoms with Gasteiger partial charge < -0.3 is 0 Å². The van der Waals surface area contributed by atoms with Crippen LogP contribution in [-0.2, 0) is 13.1 Å². The van der Waals surface area contributed by atoms with E-state index in [1.807, 2.05) is 55.1 Å². The molecule has 1 unspecified atom stereocenters. The van der Waals surface area contributed by atoms with Crippen molar-refractivity contribution in [2.75, 3.05) is 6.54 Å². The van der Waals surface area contributed by atoms with E-state index in [1.165, 1.54) is 12.8 Å². The van der Waals surface area contributed by atoms with Crippen molar-refractivity contribution in [3.8, 4) is 5.69 Å². The molecule has 1 saturated heterocycles. The van der Waals surface area contributed by atoms with Crippen molar-refractivity contribution in [1.82, 2.24) is 34.7 Å². The topological polar surface area (TPSA) is 64.7 Å². The Morgan fingerprint density at radius 1 is 1.12 bits per heavy atom. The zero-order chi connectivity index (χ0) is 17.2. The fourth-order valence-electron chi connectivity index (χ4n) is 3.50. The van der Waals surface area contributed by atoms with Crippen LogP contribution >= 0.6 is 0 Å². The number of nitrogens with zero attached hydrogens (tertiary/aromatic N) is 7. The van der Waals surface area contributed by atoms with Crippen LogP contribution in [0.15, 0.2) is 36.5 Å². The number of likely N-dealkylation sites (tertiary alicyclic amines) is 1. The second-order valence-electron chi connectivity index (χ2n) is 6.62. The van der Waals surface area contributed by atoms with Crippen molar-refractivity contribution < 1.29 is 0 Å². The standard InChI is InChI=1S/C18H23N7/c1-14-20-15(2)24(21-14)13-18-9-6-10-23(18)12-16-11-19-25(22-16)17-7-4-3-5-8-17/h3-5,7-8,11,18H,6,9-10,12-13H2,1-2H3. The highest BCUT2D eigenvalue weighted by molar-refractivity contribution is 5.28. The highest BCUT2D eigenvalue weighted by Crippen LogP contribution is 2.21. The Labute approximate surface area is 147 Å². The van der Waals surface area contributed by atoms with Crippen LogP contribution in [0.25, 0.3) is 5.69 Å². The molecule has 1 atom stereocenters. The van der Waals surface area contributed by atoms with Crippen LogP contribution < -0.4 is 0 Å². The van der Waals surface area contributed by atoms with Gasteiger partial charge in [0.25, 0.3) is 0 Å². The monoisotopic (exact) mass is 337 g/mol. The molecule has 7 nitrogen and oxygen atoms in total. The average molecular weight is 337 g/mol. The van der Waals surface area contributed by atoms with Crippen molar-refractivity contribution in [2.24, 2.45) is 0 Å². The lowest BCUT2D eigenvalue weighted by Crippen LogP contribution is -2.33. The SMILES string of the molecule is Cc1nc(C)n(CC2CCCN2Cc2cnn(-c3ccccc3)n2)n1. The molecule has 1 aromatic carbocycles. The summed E-state index contributed by atoms with van der Waals surface area (Å²) in [6.45, 7) is 6.77. The van der Waals surface area contributed by atoms with Crippen molar-refractivity contribution in [2.45, 2.75) is 45.8 Å². The van der Waals surface area contributed by atoms with Crippen molar-refractivity contribution in [3.05, 3.63) is 53.9 Å². The summed E-state index contributed by atoms with van der Waals surface area (Å²) >= 11 is 0. The highest BCUT2D eigenvalue weighted by atomic mass is 15.5. The molecule has 1 aliphatic heterocycles. The Bertz CT molecular complexity index is 836. The fraction of sp³-hybridized carbons (Fsp3) is 0.444. The minimum absolute atomic E-state index is 0.474. The fourth-order valence-corrected chi connectivity index (χ4v) is 3.50. The molecule has 0 saturated carbocycles. The summed E-state index contributed by atoms with van der Waals surface area (Å²) < 4.78 is 2.03. The third-order valence-electron chi connectivity index (χ3n) is 4.74. The Morgan fingerprint density at radius 3 is 2.72 bits per heavy atom. The highest BCUT2D eigenvalue weighted by Gasteiger charge is 2.26. The van der Waals surface area contributed by atoms with Gasteiger partial charge in [0.1, 0.15) is 11.6 Å². The third kappa shape index (κ3) is 3.46. The van der Waals surface area contributed by atoms with E-state index in [2.05, 4.69) is 25.2 Å². The van der Waals surface area contributed by atoms with E-state index in [0.717, 1.165) is 42.7 Å². The van der Waals surface area contributed by atoms with E-state index < -0.39 is 0 Å². The molecule has 0 spiro atoms. The lowest BCUT2D eigenvalue weighted by Gasteiger charge is -2.23. The number of rotatable bonds is 5. The van der Waals surface area contributed by atoms with Crippen LogP contribution in [-0.4, -0.2) is 47.2 Å². The van der Waals surface area contributed by atoms with E-state index >= 15 is 0 Å². The Kier molecular flexibility index (Phi) is 4.31. The summed E-state index contributed by atoms with van der Waals surface area (Å²) in [7, 11) is 0. The predicted molar refractivity (Wildman–Crippen MR) is 94.3 cm³/mol. The van der Waals surface area contributed by atoms with Crippen molar-refractivity contribution in [1.29, 1.82) is 0 Å². The summed E-state index contributed by atoms with van der Waals surface area (Å²) in [5, 5.41) is 13.5. The van der Waals surface area contributed by atoms with Gasteiger partial charge in [0.05, 0.1) is 24.1 Å². The molecule has 4 rings (SSSR count). The van der Waals surface area contributed by atoms with Gasteiger partial charge in [-0.3, -0.25) is 4.90 Å². The molecule has 1 aliphatic rings. The first-order chi connectivity index (χ1) is 12.2. The second-order valence-corrected chi connectivity index (χ2v) is 6.62. The smallest absolute Gasteiger partial charge is 0.147 e. The molecular formula is C18H23N7. The molecule has 3 aromatic rings. The number of hydrogen-bond acceptors (Lipinski definition) is 5. The molecule has 130 valence electrons. The summed E-state index contributed by atoms with van der Waals surface area (Å²) in [6, 6.07) is 10.5. The van der Waals surface area contributed by atoms with Gasteiger partial charge in [0, 0.05) is 12.6 Å². The normalized spacial score (nSPS) is 18.1. The zero-order valence-corrected chi connectivity index (χ0v) is 14.7. The quantitative estimate of drug-likeness (QED) is 0.714. The summed E-state index contributed by atoms with van der Waals surface area (Å²) in [6.07, 6.45) is 4.27.